The molecule has 0 bridgehead atoms. The zero-order chi connectivity index (χ0) is 13.8. The molecule has 0 spiro atoms. The van der Waals surface area contributed by atoms with Crippen molar-refractivity contribution in [3.05, 3.63) is 0 Å². The van der Waals surface area contributed by atoms with Crippen LogP contribution in [0.5, 0.6) is 0 Å². The monoisotopic (exact) mass is 256 g/mol. The third-order valence-electron chi connectivity index (χ3n) is 4.53. The highest BCUT2D eigenvalue weighted by molar-refractivity contribution is 4.90. The number of nitrogens with zero attached hydrogens (tertiary/aromatic N) is 1. The van der Waals surface area contributed by atoms with Crippen molar-refractivity contribution < 1.29 is 5.11 Å². The van der Waals surface area contributed by atoms with Gasteiger partial charge in [-0.05, 0) is 45.7 Å². The summed E-state index contributed by atoms with van der Waals surface area (Å²) in [4.78, 5) is 2.50. The molecule has 1 fully saturated rings. The van der Waals surface area contributed by atoms with Gasteiger partial charge in [0.25, 0.3) is 0 Å². The van der Waals surface area contributed by atoms with Gasteiger partial charge in [0.15, 0.2) is 0 Å². The molecule has 0 amide bonds. The van der Waals surface area contributed by atoms with Crippen molar-refractivity contribution in [2.75, 3.05) is 19.6 Å². The van der Waals surface area contributed by atoms with Crippen molar-refractivity contribution in [3.8, 4) is 0 Å². The molecule has 0 aromatic heterocycles. The van der Waals surface area contributed by atoms with Gasteiger partial charge in [-0.1, -0.05) is 27.2 Å². The lowest BCUT2D eigenvalue weighted by atomic mass is 9.88. The molecule has 0 radical (unpaired) electrons. The lowest BCUT2D eigenvalue weighted by Gasteiger charge is -2.43. The highest BCUT2D eigenvalue weighted by atomic mass is 16.3. The SMILES string of the molecule is CCNC(C)C1CCCCN1CC(C)(O)C(C)C. The van der Waals surface area contributed by atoms with Crippen LogP contribution in [-0.4, -0.2) is 47.3 Å². The first-order valence-electron chi connectivity index (χ1n) is 7.58. The molecule has 108 valence electrons. The number of likely N-dealkylation sites (tertiary alicyclic amines) is 1. The highest BCUT2D eigenvalue weighted by Gasteiger charge is 2.34. The maximum Gasteiger partial charge on any atom is 0.0768 e. The first kappa shape index (κ1) is 15.9. The van der Waals surface area contributed by atoms with Gasteiger partial charge in [-0.3, -0.25) is 4.90 Å². The summed E-state index contributed by atoms with van der Waals surface area (Å²) in [6, 6.07) is 1.09. The van der Waals surface area contributed by atoms with Crippen molar-refractivity contribution in [1.82, 2.24) is 10.2 Å². The molecule has 0 saturated carbocycles. The molecule has 18 heavy (non-hydrogen) atoms. The highest BCUT2D eigenvalue weighted by Crippen LogP contribution is 2.25. The first-order chi connectivity index (χ1) is 8.38. The lowest BCUT2D eigenvalue weighted by molar-refractivity contribution is -0.0398. The Morgan fingerprint density at radius 1 is 1.33 bits per heavy atom. The van der Waals surface area contributed by atoms with Crippen molar-refractivity contribution in [3.63, 3.8) is 0 Å². The third-order valence-corrected chi connectivity index (χ3v) is 4.53. The van der Waals surface area contributed by atoms with Crippen LogP contribution in [-0.2, 0) is 0 Å². The summed E-state index contributed by atoms with van der Waals surface area (Å²) in [5, 5.41) is 14.0. The standard InChI is InChI=1S/C15H32N2O/c1-6-16-13(4)14-9-7-8-10-17(14)11-15(5,18)12(2)3/h12-14,16,18H,6-11H2,1-5H3. The largest absolute Gasteiger partial charge is 0.389 e. The molecule has 1 rings (SSSR count). The maximum absolute atomic E-state index is 10.5. The lowest BCUT2D eigenvalue weighted by Crippen LogP contribution is -2.56. The first-order valence-corrected chi connectivity index (χ1v) is 7.58. The number of likely N-dealkylation sites (N-methyl/N-ethyl adjacent to an activating group) is 1. The summed E-state index contributed by atoms with van der Waals surface area (Å²) in [6.45, 7) is 13.6. The Hall–Kier alpha value is -0.120. The van der Waals surface area contributed by atoms with Gasteiger partial charge in [-0.2, -0.15) is 0 Å². The molecule has 3 atom stereocenters. The van der Waals surface area contributed by atoms with E-state index in [0.29, 0.717) is 18.0 Å². The van der Waals surface area contributed by atoms with Crippen LogP contribution in [0.3, 0.4) is 0 Å². The van der Waals surface area contributed by atoms with Crippen LogP contribution in [0.1, 0.15) is 53.9 Å². The molecule has 3 nitrogen and oxygen atoms in total. The average Bonchev–Trinajstić information content (AvgIpc) is 2.29. The predicted molar refractivity (Wildman–Crippen MR) is 77.8 cm³/mol. The summed E-state index contributed by atoms with van der Waals surface area (Å²) in [7, 11) is 0. The van der Waals surface area contributed by atoms with Crippen LogP contribution in [0, 0.1) is 5.92 Å². The number of piperidine rings is 1. The number of hydrogen-bond donors (Lipinski definition) is 2. The van der Waals surface area contributed by atoms with Gasteiger partial charge >= 0.3 is 0 Å². The van der Waals surface area contributed by atoms with Gasteiger partial charge in [-0.25, -0.2) is 0 Å². The van der Waals surface area contributed by atoms with E-state index >= 15 is 0 Å². The Kier molecular flexibility index (Phi) is 6.09. The van der Waals surface area contributed by atoms with Gasteiger partial charge in [0, 0.05) is 18.6 Å². The van der Waals surface area contributed by atoms with Crippen LogP contribution in [0.15, 0.2) is 0 Å². The van der Waals surface area contributed by atoms with Crippen molar-refractivity contribution >= 4 is 0 Å². The quantitative estimate of drug-likeness (QED) is 0.765. The third kappa shape index (κ3) is 4.22. The Balaban J connectivity index is 2.65. The van der Waals surface area contributed by atoms with E-state index in [4.69, 9.17) is 0 Å². The van der Waals surface area contributed by atoms with Gasteiger partial charge in [0.05, 0.1) is 5.60 Å². The van der Waals surface area contributed by atoms with E-state index in [2.05, 4.69) is 37.9 Å². The van der Waals surface area contributed by atoms with Crippen LogP contribution < -0.4 is 5.32 Å². The van der Waals surface area contributed by atoms with Gasteiger partial charge in [0.1, 0.15) is 0 Å². The second kappa shape index (κ2) is 6.88. The van der Waals surface area contributed by atoms with E-state index < -0.39 is 5.60 Å². The fourth-order valence-electron chi connectivity index (χ4n) is 2.83. The zero-order valence-electron chi connectivity index (χ0n) is 12.9. The predicted octanol–water partition coefficient (Wildman–Crippen LogP) is 2.25. The smallest absolute Gasteiger partial charge is 0.0768 e. The minimum atomic E-state index is -0.582. The Labute approximate surface area is 113 Å². The minimum Gasteiger partial charge on any atom is -0.389 e. The van der Waals surface area contributed by atoms with Crippen LogP contribution in [0.2, 0.25) is 0 Å². The molecule has 1 heterocycles. The normalized spacial score (nSPS) is 27.2. The summed E-state index contributed by atoms with van der Waals surface area (Å²) >= 11 is 0. The molecular formula is C15H32N2O. The number of β-amino-alcohol motifs (C(OH)–C–C–N with tert-alkyl or cyclic N) is 1. The fraction of sp³-hybridized carbons (Fsp3) is 1.00. The summed E-state index contributed by atoms with van der Waals surface area (Å²) < 4.78 is 0. The topological polar surface area (TPSA) is 35.5 Å². The van der Waals surface area contributed by atoms with Gasteiger partial charge in [0.2, 0.25) is 0 Å². The molecule has 2 N–H and O–H groups in total. The number of nitrogens with one attached hydrogen (secondary N) is 1. The molecule has 3 heteroatoms. The molecule has 3 unspecified atom stereocenters. The number of aliphatic hydroxyl groups is 1. The zero-order valence-corrected chi connectivity index (χ0v) is 12.9. The summed E-state index contributed by atoms with van der Waals surface area (Å²) in [5.41, 5.74) is -0.582. The summed E-state index contributed by atoms with van der Waals surface area (Å²) in [5.74, 6) is 0.300. The van der Waals surface area contributed by atoms with Gasteiger partial charge in [-0.15, -0.1) is 0 Å². The average molecular weight is 256 g/mol. The van der Waals surface area contributed by atoms with E-state index in [1.807, 2.05) is 6.92 Å². The number of rotatable bonds is 6. The Morgan fingerprint density at radius 2 is 2.00 bits per heavy atom. The molecule has 1 aliphatic rings. The Bertz CT molecular complexity index is 241. The van der Waals surface area contributed by atoms with E-state index in [1.54, 1.807) is 0 Å². The second-order valence-corrected chi connectivity index (χ2v) is 6.39. The van der Waals surface area contributed by atoms with Crippen molar-refractivity contribution in [2.45, 2.75) is 71.6 Å². The molecule has 0 aliphatic carbocycles. The van der Waals surface area contributed by atoms with Crippen molar-refractivity contribution in [1.29, 1.82) is 0 Å². The van der Waals surface area contributed by atoms with Crippen LogP contribution >= 0.6 is 0 Å². The van der Waals surface area contributed by atoms with Crippen LogP contribution in [0.4, 0.5) is 0 Å². The number of hydrogen-bond acceptors (Lipinski definition) is 3. The van der Waals surface area contributed by atoms with Gasteiger partial charge < -0.3 is 10.4 Å². The van der Waals surface area contributed by atoms with E-state index in [9.17, 15) is 5.11 Å². The second-order valence-electron chi connectivity index (χ2n) is 6.39. The maximum atomic E-state index is 10.5. The molecular weight excluding hydrogens is 224 g/mol. The molecule has 0 aromatic carbocycles. The molecule has 0 aromatic rings. The minimum absolute atomic E-state index is 0.300. The van der Waals surface area contributed by atoms with E-state index in [-0.39, 0.29) is 0 Å². The van der Waals surface area contributed by atoms with E-state index in [1.165, 1.54) is 19.3 Å². The summed E-state index contributed by atoms with van der Waals surface area (Å²) in [6.07, 6.45) is 3.84. The fourth-order valence-corrected chi connectivity index (χ4v) is 2.83. The Morgan fingerprint density at radius 3 is 2.56 bits per heavy atom. The molecule has 1 saturated heterocycles. The molecule has 1 aliphatic heterocycles. The van der Waals surface area contributed by atoms with Crippen LogP contribution in [0.25, 0.3) is 0 Å². The van der Waals surface area contributed by atoms with Crippen molar-refractivity contribution in [2.24, 2.45) is 5.92 Å². The van der Waals surface area contributed by atoms with E-state index in [0.717, 1.165) is 19.6 Å².